The van der Waals surface area contributed by atoms with E-state index < -0.39 is 0 Å². The van der Waals surface area contributed by atoms with Gasteiger partial charge < -0.3 is 0 Å². The zero-order valence-corrected chi connectivity index (χ0v) is 11.3. The molecule has 2 aromatic heterocycles. The maximum atomic E-state index is 11.7. The van der Waals surface area contributed by atoms with E-state index in [1.165, 1.54) is 7.11 Å². The van der Waals surface area contributed by atoms with Gasteiger partial charge in [-0.05, 0) is 0 Å². The van der Waals surface area contributed by atoms with Gasteiger partial charge in [-0.15, -0.1) is 0 Å². The van der Waals surface area contributed by atoms with Crippen LogP contribution < -0.4 is 15.1 Å². The number of rotatable bonds is 2. The Morgan fingerprint density at radius 3 is 2.67 bits per heavy atom. The van der Waals surface area contributed by atoms with Gasteiger partial charge in [-0.25, -0.2) is 0 Å². The van der Waals surface area contributed by atoms with Crippen LogP contribution in [0.5, 0.6) is 11.5 Å². The van der Waals surface area contributed by atoms with Crippen molar-refractivity contribution in [3.05, 3.63) is 22.6 Å². The molecule has 0 bridgehead atoms. The van der Waals surface area contributed by atoms with Crippen molar-refractivity contribution in [2.45, 2.75) is 0 Å². The third-order valence-corrected chi connectivity index (χ3v) is 4.10. The summed E-state index contributed by atoms with van der Waals surface area (Å²) in [7, 11) is 3.08. The summed E-state index contributed by atoms with van der Waals surface area (Å²) in [6.07, 6.45) is 0. The van der Waals surface area contributed by atoms with Crippen molar-refractivity contribution < 1.29 is 13.9 Å². The summed E-state index contributed by atoms with van der Waals surface area (Å²) in [5.41, 5.74) is 0.630. The normalized spacial score (nSPS) is 11.0. The Labute approximate surface area is 107 Å². The summed E-state index contributed by atoms with van der Waals surface area (Å²) in [5, 5.41) is 4.73. The molecule has 2 heterocycles. The molecule has 0 aliphatic rings. The fourth-order valence-corrected chi connectivity index (χ4v) is 2.95. The van der Waals surface area contributed by atoms with Crippen LogP contribution >= 0.6 is 0 Å². The third-order valence-electron chi connectivity index (χ3n) is 2.62. The molecule has 0 spiro atoms. The van der Waals surface area contributed by atoms with Crippen LogP contribution in [0.25, 0.3) is 20.7 Å². The molecule has 1 aromatic carbocycles. The Bertz CT molecular complexity index is 793. The Morgan fingerprint density at radius 1 is 1.22 bits per heavy atom. The molecule has 6 nitrogen and oxygen atoms in total. The van der Waals surface area contributed by atoms with Gasteiger partial charge >= 0.3 is 107 Å². The molecule has 0 N–H and O–H groups in total. The van der Waals surface area contributed by atoms with Gasteiger partial charge in [0.25, 0.3) is 0 Å². The number of benzene rings is 1. The summed E-state index contributed by atoms with van der Waals surface area (Å²) < 4.78 is 20.1. The van der Waals surface area contributed by atoms with Gasteiger partial charge in [0, 0.05) is 0 Å². The quantitative estimate of drug-likeness (QED) is 0.515. The molecule has 0 fully saturated rings. The van der Waals surface area contributed by atoms with Crippen molar-refractivity contribution in [1.82, 2.24) is 9.19 Å². The molecule has 18 heavy (non-hydrogen) atoms. The molecule has 0 radical (unpaired) electrons. The summed E-state index contributed by atoms with van der Waals surface area (Å²) >= 11 is -0.294. The zero-order chi connectivity index (χ0) is 12.7. The van der Waals surface area contributed by atoms with Crippen LogP contribution in [0.1, 0.15) is 0 Å². The van der Waals surface area contributed by atoms with E-state index >= 15 is 0 Å². The van der Waals surface area contributed by atoms with E-state index in [4.69, 9.17) is 13.9 Å². The van der Waals surface area contributed by atoms with E-state index in [2.05, 4.69) is 9.19 Å². The minimum atomic E-state index is -0.380. The molecule has 0 aliphatic carbocycles. The van der Waals surface area contributed by atoms with E-state index in [0.29, 0.717) is 32.2 Å². The molecule has 7 heteroatoms. The second-order valence-electron chi connectivity index (χ2n) is 3.54. The Balaban J connectivity index is 2.50. The first-order valence-electron chi connectivity index (χ1n) is 5.05. The Morgan fingerprint density at radius 2 is 1.94 bits per heavy atom. The fraction of sp³-hybridized carbons (Fsp3) is 0.182. The van der Waals surface area contributed by atoms with Gasteiger partial charge in [0.15, 0.2) is 0 Å². The van der Waals surface area contributed by atoms with Crippen LogP contribution in [-0.2, 0) is 0 Å². The van der Waals surface area contributed by atoms with E-state index in [0.717, 1.165) is 0 Å². The minimum absolute atomic E-state index is 0.294. The Kier molecular flexibility index (Phi) is 2.57. The molecular weight excluding hydrogens is 303 g/mol. The monoisotopic (exact) mass is 312 g/mol. The van der Waals surface area contributed by atoms with E-state index in [-0.39, 0.29) is 20.4 Å². The van der Waals surface area contributed by atoms with Gasteiger partial charge in [0.1, 0.15) is 0 Å². The average Bonchev–Trinajstić information content (AvgIpc) is 2.87. The van der Waals surface area contributed by atoms with Crippen LogP contribution in [0.15, 0.2) is 21.3 Å². The van der Waals surface area contributed by atoms with Gasteiger partial charge in [-0.2, -0.15) is 0 Å². The number of methoxy groups -OCH3 is 2. The predicted octanol–water partition coefficient (Wildman–Crippen LogP) is 0.810. The van der Waals surface area contributed by atoms with Crippen LogP contribution in [0.4, 0.5) is 0 Å². The number of fused-ring (bicyclic) bond motifs is 3. The molecule has 0 saturated heterocycles. The predicted molar refractivity (Wildman–Crippen MR) is 65.6 cm³/mol. The van der Waals surface area contributed by atoms with E-state index in [9.17, 15) is 4.79 Å². The van der Waals surface area contributed by atoms with Crippen LogP contribution in [-0.4, -0.2) is 38.1 Å². The zero-order valence-electron chi connectivity index (χ0n) is 9.59. The number of ether oxygens (including phenoxy) is 2. The molecule has 0 atom stereocenters. The van der Waals surface area contributed by atoms with Crippen molar-refractivity contribution in [3.8, 4) is 11.5 Å². The van der Waals surface area contributed by atoms with Crippen LogP contribution in [0.2, 0.25) is 0 Å². The van der Waals surface area contributed by atoms with Gasteiger partial charge in [-0.3, -0.25) is 0 Å². The SMILES string of the molecule is COc1cc2oc(=O)c3[se]nnc3c2cc1OC. The van der Waals surface area contributed by atoms with Crippen molar-refractivity contribution in [2.24, 2.45) is 0 Å². The van der Waals surface area contributed by atoms with Crippen molar-refractivity contribution >= 4 is 35.5 Å². The fourth-order valence-electron chi connectivity index (χ4n) is 1.78. The van der Waals surface area contributed by atoms with Crippen molar-refractivity contribution in [1.29, 1.82) is 0 Å². The Hall–Kier alpha value is -1.85. The molecular formula is C11H8N2O4Se. The van der Waals surface area contributed by atoms with Gasteiger partial charge in [0.2, 0.25) is 0 Å². The summed E-state index contributed by atoms with van der Waals surface area (Å²) in [6, 6.07) is 3.37. The summed E-state index contributed by atoms with van der Waals surface area (Å²) in [6.45, 7) is 0. The van der Waals surface area contributed by atoms with Gasteiger partial charge in [-0.1, -0.05) is 0 Å². The van der Waals surface area contributed by atoms with Crippen molar-refractivity contribution in [2.75, 3.05) is 14.2 Å². The number of hydrogen-bond donors (Lipinski definition) is 0. The molecule has 3 rings (SSSR count). The first-order chi connectivity index (χ1) is 8.74. The summed E-state index contributed by atoms with van der Waals surface area (Å²) in [4.78, 5) is 11.7. The van der Waals surface area contributed by atoms with Gasteiger partial charge in [0.05, 0.1) is 0 Å². The molecule has 0 saturated carbocycles. The third kappa shape index (κ3) is 1.52. The van der Waals surface area contributed by atoms with Crippen LogP contribution in [0.3, 0.4) is 0 Å². The molecule has 0 aliphatic heterocycles. The van der Waals surface area contributed by atoms with Crippen molar-refractivity contribution in [3.63, 3.8) is 0 Å². The first kappa shape index (κ1) is 11.3. The maximum absolute atomic E-state index is 11.7. The molecule has 92 valence electrons. The van der Waals surface area contributed by atoms with E-state index in [1.807, 2.05) is 0 Å². The summed E-state index contributed by atoms with van der Waals surface area (Å²) in [5.74, 6) is 1.07. The topological polar surface area (TPSA) is 74.5 Å². The standard InChI is InChI=1S/C11H8N2O4Se/c1-15-7-3-5-6(4-8(7)16-2)17-11(14)10-9(5)12-13-18-10/h3-4H,1-2H3. The van der Waals surface area contributed by atoms with E-state index in [1.54, 1.807) is 19.2 Å². The number of nitrogens with zero attached hydrogens (tertiary/aromatic N) is 2. The number of aromatic nitrogens is 2. The molecule has 0 unspecified atom stereocenters. The average molecular weight is 311 g/mol. The molecule has 3 aromatic rings. The van der Waals surface area contributed by atoms with Crippen LogP contribution in [0, 0.1) is 0 Å². The molecule has 0 amide bonds. The second kappa shape index (κ2) is 4.11. The first-order valence-corrected chi connectivity index (χ1v) is 6.67. The second-order valence-corrected chi connectivity index (χ2v) is 5.13. The number of hydrogen-bond acceptors (Lipinski definition) is 6.